The van der Waals surface area contributed by atoms with Crippen molar-refractivity contribution in [3.8, 4) is 0 Å². The van der Waals surface area contributed by atoms with Crippen LogP contribution in [0.3, 0.4) is 0 Å². The van der Waals surface area contributed by atoms with Crippen molar-refractivity contribution in [1.29, 1.82) is 0 Å². The lowest BCUT2D eigenvalue weighted by molar-refractivity contribution is -0.143. The third-order valence-electron chi connectivity index (χ3n) is 4.73. The van der Waals surface area contributed by atoms with E-state index in [0.717, 1.165) is 0 Å². The average Bonchev–Trinajstić information content (AvgIpc) is 3.31. The van der Waals surface area contributed by atoms with E-state index >= 15 is 0 Å². The number of carboxylic acids is 2. The van der Waals surface area contributed by atoms with Gasteiger partial charge in [0.05, 0.1) is 18.8 Å². The predicted octanol–water partition coefficient (Wildman–Crippen LogP) is -3.72. The maximum atomic E-state index is 13.0. The fourth-order valence-electron chi connectivity index (χ4n) is 2.87. The van der Waals surface area contributed by atoms with Crippen LogP contribution in [-0.2, 0) is 30.4 Å². The van der Waals surface area contributed by atoms with Crippen molar-refractivity contribution in [2.45, 2.75) is 49.9 Å². The molecule has 36 heavy (non-hydrogen) atoms. The van der Waals surface area contributed by atoms with Gasteiger partial charge in [0.1, 0.15) is 18.1 Å². The molecule has 16 nitrogen and oxygen atoms in total. The number of imidazole rings is 1. The zero-order chi connectivity index (χ0) is 27.3. The molecule has 0 spiro atoms. The normalized spacial score (nSPS) is 13.9. The van der Waals surface area contributed by atoms with Crippen LogP contribution in [0.15, 0.2) is 17.5 Å². The van der Waals surface area contributed by atoms with Gasteiger partial charge in [0.2, 0.25) is 17.7 Å². The molecule has 0 aliphatic rings. The van der Waals surface area contributed by atoms with Gasteiger partial charge in [0.15, 0.2) is 5.96 Å². The molecule has 1 aromatic heterocycles. The van der Waals surface area contributed by atoms with Crippen molar-refractivity contribution < 1.29 is 34.2 Å². The molecule has 0 aromatic carbocycles. The van der Waals surface area contributed by atoms with E-state index < -0.39 is 60.2 Å². The maximum absolute atomic E-state index is 13.0. The SMILES string of the molecule is NC(N)=NCCCC(N)C(=O)NC(Cc1cnc[nH]1)C(=O)NC(CC(=O)O)C(=O)NC(CS)C(=O)O. The smallest absolute Gasteiger partial charge is 0.327 e. The number of carbonyl (C=O) groups is 5. The summed E-state index contributed by atoms with van der Waals surface area (Å²) < 4.78 is 0. The lowest BCUT2D eigenvalue weighted by Gasteiger charge is -2.24. The number of aromatic nitrogens is 2. The van der Waals surface area contributed by atoms with Gasteiger partial charge in [-0.1, -0.05) is 0 Å². The molecule has 0 aliphatic carbocycles. The predicted molar refractivity (Wildman–Crippen MR) is 130 cm³/mol. The zero-order valence-corrected chi connectivity index (χ0v) is 20.1. The molecule has 200 valence electrons. The number of nitrogens with one attached hydrogen (secondary N) is 4. The fourth-order valence-corrected chi connectivity index (χ4v) is 3.12. The third kappa shape index (κ3) is 11.0. The van der Waals surface area contributed by atoms with Crippen molar-refractivity contribution in [2.75, 3.05) is 12.3 Å². The van der Waals surface area contributed by atoms with Crippen molar-refractivity contribution in [3.63, 3.8) is 0 Å². The van der Waals surface area contributed by atoms with Crippen LogP contribution < -0.4 is 33.2 Å². The summed E-state index contributed by atoms with van der Waals surface area (Å²) in [5, 5.41) is 25.1. The summed E-state index contributed by atoms with van der Waals surface area (Å²) in [6.45, 7) is 0.247. The molecular weight excluding hydrogens is 498 g/mol. The van der Waals surface area contributed by atoms with Gasteiger partial charge in [-0.05, 0) is 12.8 Å². The van der Waals surface area contributed by atoms with Crippen LogP contribution >= 0.6 is 12.6 Å². The molecule has 0 bridgehead atoms. The average molecular weight is 530 g/mol. The summed E-state index contributed by atoms with van der Waals surface area (Å²) in [7, 11) is 0. The number of thiol groups is 1. The van der Waals surface area contributed by atoms with Crippen LogP contribution in [0.2, 0.25) is 0 Å². The molecule has 0 aliphatic heterocycles. The minimum atomic E-state index is -1.63. The molecule has 12 N–H and O–H groups in total. The molecule has 0 saturated heterocycles. The first-order chi connectivity index (χ1) is 16.9. The molecule has 0 radical (unpaired) electrons. The van der Waals surface area contributed by atoms with E-state index in [1.165, 1.54) is 12.5 Å². The summed E-state index contributed by atoms with van der Waals surface area (Å²) in [6.07, 6.45) is 2.42. The third-order valence-corrected chi connectivity index (χ3v) is 5.09. The summed E-state index contributed by atoms with van der Waals surface area (Å²) in [6, 6.07) is -5.33. The maximum Gasteiger partial charge on any atom is 0.327 e. The highest BCUT2D eigenvalue weighted by Gasteiger charge is 2.31. The van der Waals surface area contributed by atoms with Crippen LogP contribution in [-0.4, -0.2) is 92.3 Å². The standard InChI is InChI=1S/C19H31N9O7S/c20-10(2-1-3-24-19(21)22)15(31)26-11(4-9-6-23-8-25-9)16(32)27-12(5-14(29)30)17(33)28-13(7-36)18(34)35/h6,8,10-13,36H,1-5,7,20H2,(H,23,25)(H,26,31)(H,27,32)(H,28,33)(H,29,30)(H,34,35)(H4,21,22,24). The highest BCUT2D eigenvalue weighted by Crippen LogP contribution is 2.04. The number of hydrogen-bond donors (Lipinski definition) is 10. The molecule has 17 heteroatoms. The van der Waals surface area contributed by atoms with Crippen LogP contribution in [0.25, 0.3) is 0 Å². The molecule has 1 rings (SSSR count). The quantitative estimate of drug-likeness (QED) is 0.0430. The Morgan fingerprint density at radius 1 is 1.03 bits per heavy atom. The first-order valence-corrected chi connectivity index (χ1v) is 11.3. The molecule has 4 atom stereocenters. The van der Waals surface area contributed by atoms with Crippen LogP contribution in [0.4, 0.5) is 0 Å². The van der Waals surface area contributed by atoms with Gasteiger partial charge in [-0.25, -0.2) is 9.78 Å². The summed E-state index contributed by atoms with van der Waals surface area (Å²) >= 11 is 3.83. The minimum absolute atomic E-state index is 0.0892. The van der Waals surface area contributed by atoms with Gasteiger partial charge in [-0.3, -0.25) is 24.2 Å². The number of aromatic amines is 1. The van der Waals surface area contributed by atoms with Crippen LogP contribution in [0.5, 0.6) is 0 Å². The zero-order valence-electron chi connectivity index (χ0n) is 19.2. The fraction of sp³-hybridized carbons (Fsp3) is 0.526. The minimum Gasteiger partial charge on any atom is -0.481 e. The Kier molecular flexibility index (Phi) is 12.7. The van der Waals surface area contributed by atoms with E-state index in [9.17, 15) is 24.0 Å². The highest BCUT2D eigenvalue weighted by molar-refractivity contribution is 7.80. The van der Waals surface area contributed by atoms with E-state index in [1.807, 2.05) is 0 Å². The molecule has 1 aromatic rings. The largest absolute Gasteiger partial charge is 0.481 e. The van der Waals surface area contributed by atoms with Crippen molar-refractivity contribution in [1.82, 2.24) is 25.9 Å². The van der Waals surface area contributed by atoms with Gasteiger partial charge in [-0.2, -0.15) is 12.6 Å². The first kappa shape index (κ1) is 30.2. The van der Waals surface area contributed by atoms with Crippen LogP contribution in [0.1, 0.15) is 25.0 Å². The monoisotopic (exact) mass is 529 g/mol. The Balaban J connectivity index is 2.97. The van der Waals surface area contributed by atoms with E-state index in [0.29, 0.717) is 12.1 Å². The summed E-state index contributed by atoms with van der Waals surface area (Å²) in [5.74, 6) is -5.82. The topological polar surface area (TPSA) is 281 Å². The van der Waals surface area contributed by atoms with Crippen molar-refractivity contribution >= 4 is 48.2 Å². The van der Waals surface area contributed by atoms with Crippen LogP contribution in [0, 0.1) is 0 Å². The van der Waals surface area contributed by atoms with Gasteiger partial charge >= 0.3 is 11.9 Å². The lowest BCUT2D eigenvalue weighted by atomic mass is 10.1. The Morgan fingerprint density at radius 3 is 2.17 bits per heavy atom. The van der Waals surface area contributed by atoms with E-state index in [2.05, 4.69) is 43.5 Å². The second-order valence-electron chi connectivity index (χ2n) is 7.64. The number of nitrogens with zero attached hydrogens (tertiary/aromatic N) is 2. The number of carboxylic acid groups (broad SMARTS) is 2. The first-order valence-electron chi connectivity index (χ1n) is 10.7. The van der Waals surface area contributed by atoms with Crippen molar-refractivity contribution in [3.05, 3.63) is 18.2 Å². The number of aliphatic carboxylic acids is 2. The van der Waals surface area contributed by atoms with Crippen molar-refractivity contribution in [2.24, 2.45) is 22.2 Å². The van der Waals surface area contributed by atoms with Gasteiger partial charge in [0.25, 0.3) is 0 Å². The Bertz CT molecular complexity index is 938. The molecule has 0 fully saturated rings. The Hall–Kier alpha value is -3.86. The van der Waals surface area contributed by atoms with E-state index in [4.69, 9.17) is 27.4 Å². The number of carbonyl (C=O) groups excluding carboxylic acids is 3. The van der Waals surface area contributed by atoms with Gasteiger partial charge in [0, 0.05) is 30.6 Å². The second-order valence-corrected chi connectivity index (χ2v) is 8.00. The number of amides is 3. The van der Waals surface area contributed by atoms with E-state index in [1.54, 1.807) is 0 Å². The van der Waals surface area contributed by atoms with Gasteiger partial charge in [-0.15, -0.1) is 0 Å². The number of hydrogen-bond acceptors (Lipinski definition) is 9. The second kappa shape index (κ2) is 15.2. The number of H-pyrrole nitrogens is 1. The summed E-state index contributed by atoms with van der Waals surface area (Å²) in [4.78, 5) is 70.9. The molecule has 4 unspecified atom stereocenters. The Labute approximate surface area is 211 Å². The molecule has 1 heterocycles. The highest BCUT2D eigenvalue weighted by atomic mass is 32.1. The molecular formula is C19H31N9O7S. The molecule has 3 amide bonds. The van der Waals surface area contributed by atoms with E-state index in [-0.39, 0.29) is 31.1 Å². The molecule has 0 saturated carbocycles. The number of guanidine groups is 1. The Morgan fingerprint density at radius 2 is 1.64 bits per heavy atom. The number of nitrogens with two attached hydrogens (primary N) is 3. The number of aliphatic imine (C=N–C) groups is 1. The summed E-state index contributed by atoms with van der Waals surface area (Å²) in [5.41, 5.74) is 16.8. The van der Waals surface area contributed by atoms with Gasteiger partial charge < -0.3 is 48.3 Å². The lowest BCUT2D eigenvalue weighted by Crippen LogP contribution is -2.58. The number of rotatable bonds is 16.